The number of hydrogen-bond acceptors (Lipinski definition) is 4. The average molecular weight is 215 g/mol. The maximum Gasteiger partial charge on any atom is 0.133 e. The summed E-state index contributed by atoms with van der Waals surface area (Å²) >= 11 is 0. The van der Waals surface area contributed by atoms with Gasteiger partial charge in [0, 0.05) is 12.5 Å². The fourth-order valence-corrected chi connectivity index (χ4v) is 1.92. The van der Waals surface area contributed by atoms with Crippen LogP contribution < -0.4 is 0 Å². The third kappa shape index (κ3) is 4.73. The van der Waals surface area contributed by atoms with Gasteiger partial charge in [0.25, 0.3) is 0 Å². The van der Waals surface area contributed by atoms with Gasteiger partial charge in [-0.15, -0.1) is 0 Å². The van der Waals surface area contributed by atoms with Gasteiger partial charge in [-0.3, -0.25) is 4.79 Å². The molecule has 1 aliphatic rings. The van der Waals surface area contributed by atoms with Gasteiger partial charge in [0.05, 0.1) is 19.8 Å². The highest BCUT2D eigenvalue weighted by Gasteiger charge is 2.21. The first-order valence-electron chi connectivity index (χ1n) is 5.65. The van der Waals surface area contributed by atoms with E-state index in [1.165, 1.54) is 0 Å². The lowest BCUT2D eigenvalue weighted by Crippen LogP contribution is -2.37. The lowest BCUT2D eigenvalue weighted by atomic mass is 9.93. The van der Waals surface area contributed by atoms with Crippen LogP contribution in [0.2, 0.25) is 0 Å². The monoisotopic (exact) mass is 215 g/mol. The topological polar surface area (TPSA) is 49.8 Å². The van der Waals surface area contributed by atoms with Crippen LogP contribution in [0.15, 0.2) is 0 Å². The molecule has 1 fully saturated rings. The van der Waals surface area contributed by atoms with E-state index in [1.54, 1.807) is 6.92 Å². The van der Waals surface area contributed by atoms with Crippen molar-refractivity contribution < 1.29 is 14.6 Å². The van der Waals surface area contributed by atoms with E-state index in [2.05, 4.69) is 4.90 Å². The Morgan fingerprint density at radius 3 is 2.60 bits per heavy atom. The first kappa shape index (κ1) is 12.6. The maximum absolute atomic E-state index is 11.1. The quantitative estimate of drug-likeness (QED) is 0.647. The molecule has 0 spiro atoms. The molecule has 1 heterocycles. The second-order valence-electron chi connectivity index (χ2n) is 4.06. The molecule has 15 heavy (non-hydrogen) atoms. The van der Waals surface area contributed by atoms with E-state index in [1.807, 2.05) is 0 Å². The van der Waals surface area contributed by atoms with Crippen LogP contribution in [0.5, 0.6) is 0 Å². The molecule has 0 saturated carbocycles. The minimum Gasteiger partial charge on any atom is -0.394 e. The number of aliphatic hydroxyl groups excluding tert-OH is 1. The van der Waals surface area contributed by atoms with Gasteiger partial charge in [-0.1, -0.05) is 0 Å². The highest BCUT2D eigenvalue weighted by Crippen LogP contribution is 2.17. The number of carbonyl (C=O) groups excluding carboxylic acids is 1. The van der Waals surface area contributed by atoms with Crippen molar-refractivity contribution in [1.29, 1.82) is 0 Å². The summed E-state index contributed by atoms with van der Waals surface area (Å²) in [7, 11) is 0. The van der Waals surface area contributed by atoms with Crippen molar-refractivity contribution in [1.82, 2.24) is 4.90 Å². The number of Topliss-reactive ketones (excluding diaryl/α,β-unsaturated/α-hetero) is 1. The summed E-state index contributed by atoms with van der Waals surface area (Å²) in [6.07, 6.45) is 1.96. The van der Waals surface area contributed by atoms with Crippen LogP contribution in [0, 0.1) is 5.92 Å². The number of ketones is 1. The van der Waals surface area contributed by atoms with E-state index in [0.29, 0.717) is 19.0 Å². The molecular formula is C11H21NO3. The van der Waals surface area contributed by atoms with Gasteiger partial charge in [-0.05, 0) is 32.9 Å². The molecule has 88 valence electrons. The van der Waals surface area contributed by atoms with Crippen LogP contribution in [0.4, 0.5) is 0 Å². The number of hydrogen-bond donors (Lipinski definition) is 1. The fraction of sp³-hybridized carbons (Fsp3) is 0.909. The molecule has 4 nitrogen and oxygen atoms in total. The van der Waals surface area contributed by atoms with Gasteiger partial charge >= 0.3 is 0 Å². The van der Waals surface area contributed by atoms with Crippen molar-refractivity contribution in [2.24, 2.45) is 5.92 Å². The van der Waals surface area contributed by atoms with Crippen LogP contribution in [-0.2, 0) is 9.53 Å². The Balaban J connectivity index is 2.07. The molecule has 1 rings (SSSR count). The highest BCUT2D eigenvalue weighted by molar-refractivity contribution is 5.78. The molecule has 0 bridgehead atoms. The van der Waals surface area contributed by atoms with E-state index >= 15 is 0 Å². The van der Waals surface area contributed by atoms with Gasteiger partial charge in [-0.2, -0.15) is 0 Å². The first-order valence-corrected chi connectivity index (χ1v) is 5.65. The molecule has 0 atom stereocenters. The van der Waals surface area contributed by atoms with Crippen LogP contribution in [-0.4, -0.2) is 55.2 Å². The number of rotatable bonds is 6. The van der Waals surface area contributed by atoms with E-state index in [0.717, 1.165) is 32.5 Å². The second-order valence-corrected chi connectivity index (χ2v) is 4.06. The zero-order chi connectivity index (χ0) is 11.1. The van der Waals surface area contributed by atoms with E-state index in [9.17, 15) is 4.79 Å². The Morgan fingerprint density at radius 2 is 2.07 bits per heavy atom. The first-order chi connectivity index (χ1) is 7.24. The number of likely N-dealkylation sites (tertiary alicyclic amines) is 1. The number of nitrogens with zero attached hydrogens (tertiary/aromatic N) is 1. The second kappa shape index (κ2) is 6.93. The predicted octanol–water partition coefficient (Wildman–Crippen LogP) is 0.296. The van der Waals surface area contributed by atoms with Gasteiger partial charge in [0.15, 0.2) is 0 Å². The molecule has 0 unspecified atom stereocenters. The fourth-order valence-electron chi connectivity index (χ4n) is 1.92. The van der Waals surface area contributed by atoms with E-state index in [-0.39, 0.29) is 12.5 Å². The molecule has 0 aromatic carbocycles. The van der Waals surface area contributed by atoms with Crippen molar-refractivity contribution in [2.75, 3.05) is 39.5 Å². The summed E-state index contributed by atoms with van der Waals surface area (Å²) in [5.41, 5.74) is 0. The van der Waals surface area contributed by atoms with Crippen LogP contribution in [0.3, 0.4) is 0 Å². The molecule has 1 aliphatic heterocycles. The van der Waals surface area contributed by atoms with Crippen molar-refractivity contribution in [3.63, 3.8) is 0 Å². The zero-order valence-electron chi connectivity index (χ0n) is 9.45. The standard InChI is InChI=1S/C11H21NO3/c1-10(14)11-2-4-12(5-3-11)6-8-15-9-7-13/h11,13H,2-9H2,1H3. The van der Waals surface area contributed by atoms with Gasteiger partial charge in [0.1, 0.15) is 5.78 Å². The highest BCUT2D eigenvalue weighted by atomic mass is 16.5. The smallest absolute Gasteiger partial charge is 0.133 e. The molecule has 0 amide bonds. The molecule has 0 radical (unpaired) electrons. The number of ether oxygens (including phenoxy) is 1. The zero-order valence-corrected chi connectivity index (χ0v) is 9.45. The molecule has 0 aromatic rings. The van der Waals surface area contributed by atoms with Gasteiger partial charge in [-0.25, -0.2) is 0 Å². The van der Waals surface area contributed by atoms with Crippen molar-refractivity contribution >= 4 is 5.78 Å². The Labute approximate surface area is 91.2 Å². The van der Waals surface area contributed by atoms with Gasteiger partial charge < -0.3 is 14.7 Å². The van der Waals surface area contributed by atoms with E-state index in [4.69, 9.17) is 9.84 Å². The predicted molar refractivity (Wildman–Crippen MR) is 57.7 cm³/mol. The molecule has 0 aromatic heterocycles. The molecule has 0 aliphatic carbocycles. The summed E-state index contributed by atoms with van der Waals surface area (Å²) in [5, 5.41) is 8.52. The Kier molecular flexibility index (Phi) is 5.83. The minimum atomic E-state index is 0.0897. The van der Waals surface area contributed by atoms with Crippen molar-refractivity contribution in [3.8, 4) is 0 Å². The minimum absolute atomic E-state index is 0.0897. The van der Waals surface area contributed by atoms with Crippen molar-refractivity contribution in [2.45, 2.75) is 19.8 Å². The Bertz CT molecular complexity index is 188. The number of piperidine rings is 1. The number of aliphatic hydroxyl groups is 1. The lowest BCUT2D eigenvalue weighted by molar-refractivity contribution is -0.122. The summed E-state index contributed by atoms with van der Waals surface area (Å²) in [4.78, 5) is 13.4. The lowest BCUT2D eigenvalue weighted by Gasteiger charge is -2.30. The van der Waals surface area contributed by atoms with Crippen LogP contribution in [0.1, 0.15) is 19.8 Å². The Hall–Kier alpha value is -0.450. The molecule has 1 saturated heterocycles. The number of carbonyl (C=O) groups is 1. The van der Waals surface area contributed by atoms with Crippen LogP contribution >= 0.6 is 0 Å². The Morgan fingerprint density at radius 1 is 1.40 bits per heavy atom. The summed E-state index contributed by atoms with van der Waals surface area (Å²) in [5.74, 6) is 0.603. The summed E-state index contributed by atoms with van der Waals surface area (Å²) < 4.78 is 5.20. The molecule has 4 heteroatoms. The largest absolute Gasteiger partial charge is 0.394 e. The third-order valence-corrected chi connectivity index (χ3v) is 2.95. The van der Waals surface area contributed by atoms with Crippen LogP contribution in [0.25, 0.3) is 0 Å². The van der Waals surface area contributed by atoms with Gasteiger partial charge in [0.2, 0.25) is 0 Å². The maximum atomic E-state index is 11.1. The van der Waals surface area contributed by atoms with Crippen molar-refractivity contribution in [3.05, 3.63) is 0 Å². The third-order valence-electron chi connectivity index (χ3n) is 2.95. The van der Waals surface area contributed by atoms with E-state index < -0.39 is 0 Å². The molecule has 1 N–H and O–H groups in total. The SMILES string of the molecule is CC(=O)C1CCN(CCOCCO)CC1. The summed E-state index contributed by atoms with van der Waals surface area (Å²) in [6.45, 7) is 5.76. The normalized spacial score (nSPS) is 19.3. The molecular weight excluding hydrogens is 194 g/mol. The average Bonchev–Trinajstić information content (AvgIpc) is 2.25. The summed E-state index contributed by atoms with van der Waals surface area (Å²) in [6, 6.07) is 0.